The Kier molecular flexibility index (Phi) is 3.44. The third-order valence-electron chi connectivity index (χ3n) is 3.53. The zero-order chi connectivity index (χ0) is 11.5. The van der Waals surface area contributed by atoms with Gasteiger partial charge in [0.2, 0.25) is 0 Å². The van der Waals surface area contributed by atoms with Crippen molar-refractivity contribution in [2.24, 2.45) is 5.92 Å². The first-order valence-electron chi connectivity index (χ1n) is 6.00. The highest BCUT2D eigenvalue weighted by molar-refractivity contribution is 5.79. The summed E-state index contributed by atoms with van der Waals surface area (Å²) in [5, 5.41) is 0. The van der Waals surface area contributed by atoms with E-state index in [-0.39, 0.29) is 0 Å². The van der Waals surface area contributed by atoms with Crippen LogP contribution in [0.3, 0.4) is 0 Å². The number of hydrogen-bond acceptors (Lipinski definition) is 2. The van der Waals surface area contributed by atoms with E-state index in [1.807, 2.05) is 12.3 Å². The van der Waals surface area contributed by atoms with Crippen LogP contribution in [0.5, 0.6) is 0 Å². The molecule has 1 fully saturated rings. The topological polar surface area (TPSA) is 36.1 Å². The first-order chi connectivity index (χ1) is 7.68. The van der Waals surface area contributed by atoms with Crippen molar-refractivity contribution >= 4 is 5.78 Å². The number of aromatic nitrogens is 1. The molecule has 0 spiro atoms. The molecular formula is C13H20N2O. The molecule has 0 radical (unpaired) electrons. The number of carbonyl (C=O) groups is 1. The van der Waals surface area contributed by atoms with E-state index in [1.54, 1.807) is 0 Å². The average Bonchev–Trinajstić information content (AvgIpc) is 2.74. The smallest absolute Gasteiger partial charge is 0.132 e. The molecule has 1 atom stereocenters. The van der Waals surface area contributed by atoms with Crippen LogP contribution >= 0.6 is 0 Å². The third-order valence-corrected chi connectivity index (χ3v) is 3.53. The molecule has 1 heterocycles. The third kappa shape index (κ3) is 2.35. The Morgan fingerprint density at radius 2 is 2.06 bits per heavy atom. The van der Waals surface area contributed by atoms with Gasteiger partial charge in [-0.3, -0.25) is 4.79 Å². The highest BCUT2D eigenvalue weighted by Gasteiger charge is 2.29. The predicted molar refractivity (Wildman–Crippen MR) is 64.2 cm³/mol. The molecule has 3 heteroatoms. The number of ketones is 1. The quantitative estimate of drug-likeness (QED) is 0.849. The summed E-state index contributed by atoms with van der Waals surface area (Å²) in [5.74, 6) is 1.03. The first-order valence-corrected chi connectivity index (χ1v) is 6.00. The number of Topliss-reactive ketones (excluding diaryl/α,β-unsaturated/α-hetero) is 1. The molecule has 1 aliphatic carbocycles. The van der Waals surface area contributed by atoms with Gasteiger partial charge in [0.1, 0.15) is 5.78 Å². The van der Waals surface area contributed by atoms with Crippen LogP contribution in [-0.2, 0) is 4.79 Å². The molecule has 0 aliphatic heterocycles. The maximum atomic E-state index is 11.3. The number of nitrogens with one attached hydrogen (secondary N) is 1. The summed E-state index contributed by atoms with van der Waals surface area (Å²) in [4.78, 5) is 16.8. The Morgan fingerprint density at radius 1 is 1.38 bits per heavy atom. The highest BCUT2D eigenvalue weighted by atomic mass is 16.1. The molecule has 0 aromatic carbocycles. The molecule has 1 aromatic rings. The van der Waals surface area contributed by atoms with Crippen LogP contribution in [-0.4, -0.2) is 29.8 Å². The summed E-state index contributed by atoms with van der Waals surface area (Å²) in [5.41, 5.74) is 1.27. The highest BCUT2D eigenvalue weighted by Crippen LogP contribution is 2.35. The van der Waals surface area contributed by atoms with Gasteiger partial charge >= 0.3 is 0 Å². The van der Waals surface area contributed by atoms with Crippen LogP contribution < -0.4 is 0 Å². The van der Waals surface area contributed by atoms with E-state index in [9.17, 15) is 4.79 Å². The summed E-state index contributed by atoms with van der Waals surface area (Å²) in [6, 6.07) is 4.60. The van der Waals surface area contributed by atoms with Gasteiger partial charge in [-0.25, -0.2) is 0 Å². The van der Waals surface area contributed by atoms with Crippen molar-refractivity contribution in [1.29, 1.82) is 0 Å². The lowest BCUT2D eigenvalue weighted by molar-refractivity contribution is -0.121. The molecule has 1 aliphatic rings. The maximum Gasteiger partial charge on any atom is 0.132 e. The molecule has 1 unspecified atom stereocenters. The second-order valence-electron chi connectivity index (χ2n) is 4.91. The van der Waals surface area contributed by atoms with Gasteiger partial charge in [0.25, 0.3) is 0 Å². The van der Waals surface area contributed by atoms with Crippen LogP contribution in [0, 0.1) is 5.92 Å². The number of carbonyl (C=O) groups excluding carboxylic acids is 1. The molecule has 1 saturated carbocycles. The predicted octanol–water partition coefficient (Wildman–Crippen LogP) is 2.38. The van der Waals surface area contributed by atoms with E-state index in [4.69, 9.17) is 0 Å². The lowest BCUT2D eigenvalue weighted by Gasteiger charge is -2.33. The van der Waals surface area contributed by atoms with Crippen molar-refractivity contribution in [2.75, 3.05) is 14.1 Å². The largest absolute Gasteiger partial charge is 0.364 e. The molecular weight excluding hydrogens is 200 g/mol. The van der Waals surface area contributed by atoms with Crippen molar-refractivity contribution in [3.8, 4) is 0 Å². The molecule has 2 rings (SSSR count). The van der Waals surface area contributed by atoms with Crippen molar-refractivity contribution in [3.63, 3.8) is 0 Å². The summed E-state index contributed by atoms with van der Waals surface area (Å²) >= 11 is 0. The maximum absolute atomic E-state index is 11.3. The molecule has 0 amide bonds. The van der Waals surface area contributed by atoms with Crippen LogP contribution in [0.15, 0.2) is 18.3 Å². The summed E-state index contributed by atoms with van der Waals surface area (Å²) in [7, 11) is 4.23. The number of rotatable bonds is 3. The molecule has 88 valence electrons. The van der Waals surface area contributed by atoms with E-state index in [0.29, 0.717) is 17.7 Å². The molecule has 1 aromatic heterocycles. The molecule has 16 heavy (non-hydrogen) atoms. The minimum atomic E-state index is 0.420. The normalized spacial score (nSPS) is 20.3. The minimum absolute atomic E-state index is 0.420. The van der Waals surface area contributed by atoms with Gasteiger partial charge in [-0.2, -0.15) is 0 Å². The fraction of sp³-hybridized carbons (Fsp3) is 0.615. The van der Waals surface area contributed by atoms with E-state index in [2.05, 4.69) is 30.0 Å². The van der Waals surface area contributed by atoms with Crippen LogP contribution in [0.1, 0.15) is 37.4 Å². The van der Waals surface area contributed by atoms with Gasteiger partial charge in [0.05, 0.1) is 6.04 Å². The molecule has 0 saturated heterocycles. The summed E-state index contributed by atoms with van der Waals surface area (Å²) < 4.78 is 0. The fourth-order valence-electron chi connectivity index (χ4n) is 2.76. The SMILES string of the molecule is CN(C)C(c1ccc[nH]1)C1CCC(=O)CC1. The summed E-state index contributed by atoms with van der Waals surface area (Å²) in [6.45, 7) is 0. The summed E-state index contributed by atoms with van der Waals surface area (Å²) in [6.07, 6.45) is 5.55. The van der Waals surface area contributed by atoms with Gasteiger partial charge in [0, 0.05) is 24.7 Å². The monoisotopic (exact) mass is 220 g/mol. The Bertz CT molecular complexity index is 333. The van der Waals surface area contributed by atoms with E-state index in [0.717, 1.165) is 25.7 Å². The van der Waals surface area contributed by atoms with Crippen LogP contribution in [0.25, 0.3) is 0 Å². The Hall–Kier alpha value is -1.09. The number of hydrogen-bond donors (Lipinski definition) is 1. The Morgan fingerprint density at radius 3 is 2.56 bits per heavy atom. The fourth-order valence-corrected chi connectivity index (χ4v) is 2.76. The van der Waals surface area contributed by atoms with Gasteiger partial charge in [-0.05, 0) is 45.0 Å². The average molecular weight is 220 g/mol. The van der Waals surface area contributed by atoms with Crippen molar-refractivity contribution in [1.82, 2.24) is 9.88 Å². The van der Waals surface area contributed by atoms with Crippen molar-refractivity contribution in [3.05, 3.63) is 24.0 Å². The van der Waals surface area contributed by atoms with Gasteiger partial charge in [-0.15, -0.1) is 0 Å². The van der Waals surface area contributed by atoms with E-state index in [1.165, 1.54) is 5.69 Å². The van der Waals surface area contributed by atoms with E-state index >= 15 is 0 Å². The lowest BCUT2D eigenvalue weighted by Crippen LogP contribution is -2.30. The zero-order valence-electron chi connectivity index (χ0n) is 10.1. The van der Waals surface area contributed by atoms with Gasteiger partial charge in [0.15, 0.2) is 0 Å². The standard InChI is InChI=1S/C13H20N2O/c1-15(2)13(12-4-3-9-14-12)10-5-7-11(16)8-6-10/h3-4,9-10,13-14H,5-8H2,1-2H3. The first kappa shape index (κ1) is 11.4. The second kappa shape index (κ2) is 4.83. The van der Waals surface area contributed by atoms with Crippen LogP contribution in [0.4, 0.5) is 0 Å². The molecule has 1 N–H and O–H groups in total. The molecule has 3 nitrogen and oxygen atoms in total. The van der Waals surface area contributed by atoms with Gasteiger partial charge in [-0.1, -0.05) is 0 Å². The Labute approximate surface area is 96.8 Å². The second-order valence-corrected chi connectivity index (χ2v) is 4.91. The number of aromatic amines is 1. The van der Waals surface area contributed by atoms with Crippen LogP contribution in [0.2, 0.25) is 0 Å². The lowest BCUT2D eigenvalue weighted by atomic mass is 9.81. The molecule has 0 bridgehead atoms. The zero-order valence-corrected chi connectivity index (χ0v) is 10.1. The number of nitrogens with zero attached hydrogens (tertiary/aromatic N) is 1. The number of H-pyrrole nitrogens is 1. The van der Waals surface area contributed by atoms with Crippen molar-refractivity contribution in [2.45, 2.75) is 31.7 Å². The van der Waals surface area contributed by atoms with Gasteiger partial charge < -0.3 is 9.88 Å². The van der Waals surface area contributed by atoms with E-state index < -0.39 is 0 Å². The van der Waals surface area contributed by atoms with Crippen molar-refractivity contribution < 1.29 is 4.79 Å². The Balaban J connectivity index is 2.11. The minimum Gasteiger partial charge on any atom is -0.364 e.